The molecule has 0 fully saturated rings. The molecule has 0 unspecified atom stereocenters. The first-order valence-electron chi connectivity index (χ1n) is 16.0. The van der Waals surface area contributed by atoms with Crippen molar-refractivity contribution < 1.29 is 25.8 Å². The first-order chi connectivity index (χ1) is 22.7. The Morgan fingerprint density at radius 3 is 2.40 bits per heavy atom. The molecule has 7 aromatic rings. The maximum atomic E-state index is 6.38. The summed E-state index contributed by atoms with van der Waals surface area (Å²) in [6.45, 7) is 11.3. The zero-order chi connectivity index (χ0) is 32.7. The van der Waals surface area contributed by atoms with E-state index in [4.69, 9.17) is 14.8 Å². The SMILES string of the molecule is CSc1ccnc(-n2c3[c-]c(Oc4[c-]c(-n5cc(-c6c(C)cc(CCC(C)(C)C)cc6C)cn5)ccc4)ccc3c3ccccc32)c1.[Pt+2]. The molecule has 0 radical (unpaired) electrons. The van der Waals surface area contributed by atoms with Crippen LogP contribution in [0.15, 0.2) is 102 Å². The van der Waals surface area contributed by atoms with E-state index in [2.05, 4.69) is 112 Å². The zero-order valence-electron chi connectivity index (χ0n) is 28.1. The molecule has 7 rings (SSSR count). The Balaban J connectivity index is 0.00000401. The summed E-state index contributed by atoms with van der Waals surface area (Å²) < 4.78 is 10.4. The molecule has 0 saturated heterocycles. The number of rotatable bonds is 8. The van der Waals surface area contributed by atoms with E-state index in [0.29, 0.717) is 16.9 Å². The molecule has 0 bridgehead atoms. The number of benzene rings is 4. The molecule has 244 valence electrons. The molecular formula is C41H38N4OPtS. The van der Waals surface area contributed by atoms with Gasteiger partial charge in [-0.2, -0.15) is 17.2 Å². The summed E-state index contributed by atoms with van der Waals surface area (Å²) >= 11 is 1.70. The van der Waals surface area contributed by atoms with Crippen LogP contribution in [0.5, 0.6) is 11.5 Å². The van der Waals surface area contributed by atoms with Crippen molar-refractivity contribution in [2.24, 2.45) is 5.41 Å². The van der Waals surface area contributed by atoms with E-state index in [1.807, 2.05) is 47.4 Å². The van der Waals surface area contributed by atoms with Crippen molar-refractivity contribution in [2.45, 2.75) is 52.4 Å². The molecule has 48 heavy (non-hydrogen) atoms. The van der Waals surface area contributed by atoms with Gasteiger partial charge in [0.1, 0.15) is 5.82 Å². The van der Waals surface area contributed by atoms with Crippen molar-refractivity contribution in [3.8, 4) is 34.1 Å². The van der Waals surface area contributed by atoms with E-state index in [0.717, 1.165) is 56.6 Å². The van der Waals surface area contributed by atoms with Crippen molar-refractivity contribution in [2.75, 3.05) is 6.26 Å². The molecule has 0 amide bonds. The van der Waals surface area contributed by atoms with Gasteiger partial charge in [-0.05, 0) is 89.9 Å². The largest absolute Gasteiger partial charge is 2.00 e. The van der Waals surface area contributed by atoms with Gasteiger partial charge in [0.25, 0.3) is 0 Å². The molecule has 0 atom stereocenters. The number of hydrogen-bond acceptors (Lipinski definition) is 4. The fourth-order valence-corrected chi connectivity index (χ4v) is 6.74. The van der Waals surface area contributed by atoms with Crippen LogP contribution >= 0.6 is 11.8 Å². The predicted octanol–water partition coefficient (Wildman–Crippen LogP) is 10.7. The molecule has 0 aliphatic heterocycles. The first kappa shape index (κ1) is 33.8. The van der Waals surface area contributed by atoms with Gasteiger partial charge in [0, 0.05) is 39.9 Å². The third-order valence-corrected chi connectivity index (χ3v) is 9.31. The summed E-state index contributed by atoms with van der Waals surface area (Å²) in [7, 11) is 0. The summed E-state index contributed by atoms with van der Waals surface area (Å²) in [6, 6.07) is 34.1. The molecule has 0 saturated carbocycles. The van der Waals surface area contributed by atoms with Crippen LogP contribution in [-0.2, 0) is 27.5 Å². The van der Waals surface area contributed by atoms with Crippen molar-refractivity contribution in [1.29, 1.82) is 0 Å². The van der Waals surface area contributed by atoms with E-state index in [9.17, 15) is 0 Å². The van der Waals surface area contributed by atoms with Crippen LogP contribution in [0.2, 0.25) is 0 Å². The number of pyridine rings is 1. The molecule has 3 heterocycles. The number of thioether (sulfide) groups is 1. The topological polar surface area (TPSA) is 44.9 Å². The maximum absolute atomic E-state index is 6.38. The van der Waals surface area contributed by atoms with Gasteiger partial charge in [-0.1, -0.05) is 56.6 Å². The standard InChI is InChI=1S/C41H38N4OS.Pt/c1-27-20-29(16-18-41(3,4)5)21-28(2)40(27)30-25-43-44(26-30)31-10-9-11-32(22-31)46-33-14-15-36-35-12-7-8-13-37(35)45(38(36)23-33)39-24-34(47-6)17-19-42-39;/h7-15,17,19-21,24-26H,16,18H2,1-6H3;/q-2;+2. The van der Waals surface area contributed by atoms with Crippen molar-refractivity contribution >= 4 is 33.6 Å². The molecule has 0 aliphatic rings. The minimum atomic E-state index is 0. The van der Waals surface area contributed by atoms with Crippen molar-refractivity contribution in [3.63, 3.8) is 0 Å². The summed E-state index contributed by atoms with van der Waals surface area (Å²) in [4.78, 5) is 5.87. The number of aryl methyl sites for hydroxylation is 3. The van der Waals surface area contributed by atoms with Crippen LogP contribution in [0.3, 0.4) is 0 Å². The van der Waals surface area contributed by atoms with Gasteiger partial charge in [-0.25, -0.2) is 4.98 Å². The van der Waals surface area contributed by atoms with Gasteiger partial charge in [0.05, 0.1) is 6.20 Å². The third-order valence-electron chi connectivity index (χ3n) is 8.59. The summed E-state index contributed by atoms with van der Waals surface area (Å²) in [5, 5.41) is 6.96. The minimum Gasteiger partial charge on any atom is -0.509 e. The molecule has 0 aliphatic carbocycles. The Kier molecular flexibility index (Phi) is 9.69. The predicted molar refractivity (Wildman–Crippen MR) is 194 cm³/mol. The number of fused-ring (bicyclic) bond motifs is 3. The van der Waals surface area contributed by atoms with Gasteiger partial charge in [0.15, 0.2) is 0 Å². The van der Waals surface area contributed by atoms with Crippen LogP contribution < -0.4 is 4.74 Å². The molecule has 3 aromatic heterocycles. The van der Waals surface area contributed by atoms with E-state index in [1.165, 1.54) is 22.3 Å². The first-order valence-corrected chi connectivity index (χ1v) is 17.2. The average molecular weight is 830 g/mol. The van der Waals surface area contributed by atoms with Crippen LogP contribution in [-0.4, -0.2) is 25.6 Å². The Bertz CT molecular complexity index is 2220. The Morgan fingerprint density at radius 1 is 0.854 bits per heavy atom. The second-order valence-electron chi connectivity index (χ2n) is 13.3. The van der Waals surface area contributed by atoms with E-state index in [-0.39, 0.29) is 21.1 Å². The normalized spacial score (nSPS) is 11.6. The maximum Gasteiger partial charge on any atom is 2.00 e. The fraction of sp³-hybridized carbons (Fsp3) is 0.220. The quantitative estimate of drug-likeness (QED) is 0.113. The van der Waals surface area contributed by atoms with Gasteiger partial charge in [-0.3, -0.25) is 4.68 Å². The second-order valence-corrected chi connectivity index (χ2v) is 14.2. The Morgan fingerprint density at radius 2 is 1.62 bits per heavy atom. The summed E-state index contributed by atoms with van der Waals surface area (Å²) in [5.74, 6) is 2.05. The molecule has 7 heteroatoms. The Hall–Kier alpha value is -4.12. The molecule has 4 aromatic carbocycles. The molecular weight excluding hydrogens is 792 g/mol. The second kappa shape index (κ2) is 13.8. The van der Waals surface area contributed by atoms with Crippen molar-refractivity contribution in [3.05, 3.63) is 126 Å². The smallest absolute Gasteiger partial charge is 0.509 e. The summed E-state index contributed by atoms with van der Waals surface area (Å²) in [5.41, 5.74) is 9.38. The van der Waals surface area contributed by atoms with Crippen LogP contribution in [0, 0.1) is 31.4 Å². The molecule has 0 N–H and O–H groups in total. The van der Waals surface area contributed by atoms with E-state index < -0.39 is 0 Å². The monoisotopic (exact) mass is 829 g/mol. The average Bonchev–Trinajstić information content (AvgIpc) is 3.66. The van der Waals surface area contributed by atoms with Crippen LogP contribution in [0.4, 0.5) is 0 Å². The third kappa shape index (κ3) is 6.88. The number of hydrogen-bond donors (Lipinski definition) is 0. The number of nitrogens with zero attached hydrogens (tertiary/aromatic N) is 4. The van der Waals surface area contributed by atoms with Crippen LogP contribution in [0.25, 0.3) is 44.4 Å². The minimum absolute atomic E-state index is 0. The van der Waals surface area contributed by atoms with Gasteiger partial charge < -0.3 is 9.30 Å². The zero-order valence-corrected chi connectivity index (χ0v) is 31.2. The van der Waals surface area contributed by atoms with Gasteiger partial charge in [-0.15, -0.1) is 47.5 Å². The Labute approximate surface area is 301 Å². The number of aromatic nitrogens is 4. The molecule has 0 spiro atoms. The van der Waals surface area contributed by atoms with Gasteiger partial charge >= 0.3 is 21.1 Å². The summed E-state index contributed by atoms with van der Waals surface area (Å²) in [6.07, 6.45) is 10.2. The van der Waals surface area contributed by atoms with E-state index in [1.54, 1.807) is 11.8 Å². The van der Waals surface area contributed by atoms with Gasteiger partial charge in [0.2, 0.25) is 0 Å². The fourth-order valence-electron chi connectivity index (χ4n) is 6.32. The van der Waals surface area contributed by atoms with E-state index >= 15 is 0 Å². The van der Waals surface area contributed by atoms with Crippen molar-refractivity contribution in [1.82, 2.24) is 19.3 Å². The molecule has 5 nitrogen and oxygen atoms in total. The number of ether oxygens (including phenoxy) is 1. The van der Waals surface area contributed by atoms with Crippen LogP contribution in [0.1, 0.15) is 43.9 Å². The number of para-hydroxylation sites is 1.